The molecule has 2 aromatic rings. The molecule has 0 spiro atoms. The SMILES string of the molecule is C=C(N)CCc1ccc2ccccc2c1. The number of benzene rings is 2. The Morgan fingerprint density at radius 1 is 1.07 bits per heavy atom. The second-order valence-electron chi connectivity index (χ2n) is 3.84. The summed E-state index contributed by atoms with van der Waals surface area (Å²) in [4.78, 5) is 0. The van der Waals surface area contributed by atoms with Crippen molar-refractivity contribution in [3.8, 4) is 0 Å². The summed E-state index contributed by atoms with van der Waals surface area (Å²) in [7, 11) is 0. The Bertz CT molecular complexity index is 485. The van der Waals surface area contributed by atoms with Gasteiger partial charge in [-0.3, -0.25) is 0 Å². The molecule has 15 heavy (non-hydrogen) atoms. The van der Waals surface area contributed by atoms with Crippen molar-refractivity contribution in [2.45, 2.75) is 12.8 Å². The third-order valence-corrected chi connectivity index (χ3v) is 2.55. The average molecular weight is 197 g/mol. The third-order valence-electron chi connectivity index (χ3n) is 2.55. The van der Waals surface area contributed by atoms with Crippen molar-refractivity contribution >= 4 is 10.8 Å². The number of rotatable bonds is 3. The Morgan fingerprint density at radius 2 is 1.80 bits per heavy atom. The lowest BCUT2D eigenvalue weighted by Gasteiger charge is -2.03. The van der Waals surface area contributed by atoms with E-state index in [2.05, 4.69) is 49.0 Å². The van der Waals surface area contributed by atoms with Gasteiger partial charge in [0.1, 0.15) is 0 Å². The van der Waals surface area contributed by atoms with Gasteiger partial charge < -0.3 is 5.73 Å². The number of fused-ring (bicyclic) bond motifs is 1. The predicted molar refractivity (Wildman–Crippen MR) is 65.6 cm³/mol. The van der Waals surface area contributed by atoms with Gasteiger partial charge in [0, 0.05) is 5.70 Å². The summed E-state index contributed by atoms with van der Waals surface area (Å²) < 4.78 is 0. The molecule has 0 unspecified atom stereocenters. The van der Waals surface area contributed by atoms with Crippen LogP contribution in [0, 0.1) is 0 Å². The molecule has 0 aliphatic rings. The topological polar surface area (TPSA) is 26.0 Å². The average Bonchev–Trinajstić information content (AvgIpc) is 2.26. The van der Waals surface area contributed by atoms with E-state index in [4.69, 9.17) is 5.73 Å². The van der Waals surface area contributed by atoms with Gasteiger partial charge in [0.05, 0.1) is 0 Å². The molecule has 0 heterocycles. The maximum absolute atomic E-state index is 5.56. The number of nitrogens with two attached hydrogens (primary N) is 1. The largest absolute Gasteiger partial charge is 0.403 e. The zero-order valence-electron chi connectivity index (χ0n) is 8.74. The molecule has 1 nitrogen and oxygen atoms in total. The lowest BCUT2D eigenvalue weighted by Crippen LogP contribution is -1.96. The zero-order chi connectivity index (χ0) is 10.7. The van der Waals surface area contributed by atoms with Crippen molar-refractivity contribution in [2.24, 2.45) is 5.73 Å². The van der Waals surface area contributed by atoms with Gasteiger partial charge in [-0.2, -0.15) is 0 Å². The van der Waals surface area contributed by atoms with Gasteiger partial charge >= 0.3 is 0 Å². The molecule has 76 valence electrons. The van der Waals surface area contributed by atoms with E-state index in [9.17, 15) is 0 Å². The summed E-state index contributed by atoms with van der Waals surface area (Å²) in [5.74, 6) is 0. The molecular weight excluding hydrogens is 182 g/mol. The van der Waals surface area contributed by atoms with Crippen LogP contribution in [-0.4, -0.2) is 0 Å². The van der Waals surface area contributed by atoms with E-state index in [1.165, 1.54) is 16.3 Å². The van der Waals surface area contributed by atoms with Crippen LogP contribution in [-0.2, 0) is 6.42 Å². The van der Waals surface area contributed by atoms with Crippen LogP contribution < -0.4 is 5.73 Å². The van der Waals surface area contributed by atoms with Crippen molar-refractivity contribution in [1.82, 2.24) is 0 Å². The van der Waals surface area contributed by atoms with Crippen molar-refractivity contribution < 1.29 is 0 Å². The first-order valence-electron chi connectivity index (χ1n) is 5.16. The molecule has 0 amide bonds. The monoisotopic (exact) mass is 197 g/mol. The Balaban J connectivity index is 2.26. The van der Waals surface area contributed by atoms with Crippen molar-refractivity contribution in [3.05, 3.63) is 60.3 Å². The molecule has 2 aromatic carbocycles. The second kappa shape index (κ2) is 4.18. The first kappa shape index (κ1) is 9.78. The van der Waals surface area contributed by atoms with Crippen LogP contribution in [0.15, 0.2) is 54.7 Å². The van der Waals surface area contributed by atoms with Crippen LogP contribution in [0.1, 0.15) is 12.0 Å². The molecule has 2 N–H and O–H groups in total. The van der Waals surface area contributed by atoms with Crippen LogP contribution >= 0.6 is 0 Å². The van der Waals surface area contributed by atoms with Crippen molar-refractivity contribution in [3.63, 3.8) is 0 Å². The van der Waals surface area contributed by atoms with Gasteiger partial charge in [0.2, 0.25) is 0 Å². The molecule has 0 radical (unpaired) electrons. The molecule has 0 aliphatic heterocycles. The van der Waals surface area contributed by atoms with Crippen LogP contribution in [0.5, 0.6) is 0 Å². The van der Waals surface area contributed by atoms with E-state index in [-0.39, 0.29) is 0 Å². The molecule has 1 heteroatoms. The van der Waals surface area contributed by atoms with Crippen molar-refractivity contribution in [1.29, 1.82) is 0 Å². The number of hydrogen-bond donors (Lipinski definition) is 1. The maximum Gasteiger partial charge on any atom is 0.00108 e. The fourth-order valence-electron chi connectivity index (χ4n) is 1.70. The number of allylic oxidation sites excluding steroid dienone is 1. The first-order chi connectivity index (χ1) is 7.25. The third kappa shape index (κ3) is 2.38. The van der Waals surface area contributed by atoms with E-state index >= 15 is 0 Å². The molecule has 0 bridgehead atoms. The first-order valence-corrected chi connectivity index (χ1v) is 5.16. The summed E-state index contributed by atoms with van der Waals surface area (Å²) >= 11 is 0. The highest BCUT2D eigenvalue weighted by molar-refractivity contribution is 5.82. The van der Waals surface area contributed by atoms with Crippen LogP contribution in [0.25, 0.3) is 10.8 Å². The molecule has 0 saturated heterocycles. The zero-order valence-corrected chi connectivity index (χ0v) is 8.74. The Labute approximate surface area is 90.2 Å². The van der Waals surface area contributed by atoms with Crippen LogP contribution in [0.3, 0.4) is 0 Å². The van der Waals surface area contributed by atoms with E-state index in [0.29, 0.717) is 0 Å². The summed E-state index contributed by atoms with van der Waals surface area (Å²) in [6, 6.07) is 14.9. The molecule has 0 aliphatic carbocycles. The quantitative estimate of drug-likeness (QED) is 0.803. The van der Waals surface area contributed by atoms with Crippen LogP contribution in [0.4, 0.5) is 0 Å². The summed E-state index contributed by atoms with van der Waals surface area (Å²) in [6.45, 7) is 3.71. The summed E-state index contributed by atoms with van der Waals surface area (Å²) in [5.41, 5.74) is 7.63. The molecular formula is C14H15N. The number of hydrogen-bond acceptors (Lipinski definition) is 1. The summed E-state index contributed by atoms with van der Waals surface area (Å²) in [5, 5.41) is 2.57. The fourth-order valence-corrected chi connectivity index (χ4v) is 1.70. The molecule has 0 aromatic heterocycles. The lowest BCUT2D eigenvalue weighted by molar-refractivity contribution is 0.933. The van der Waals surface area contributed by atoms with Gasteiger partial charge in [-0.1, -0.05) is 49.0 Å². The minimum Gasteiger partial charge on any atom is -0.403 e. The maximum atomic E-state index is 5.56. The van der Waals surface area contributed by atoms with E-state index in [1.54, 1.807) is 0 Å². The highest BCUT2D eigenvalue weighted by Gasteiger charge is 1.96. The number of aryl methyl sites for hydroxylation is 1. The fraction of sp³-hybridized carbons (Fsp3) is 0.143. The Kier molecular flexibility index (Phi) is 2.72. The Hall–Kier alpha value is -1.76. The van der Waals surface area contributed by atoms with Gasteiger partial charge in [0.25, 0.3) is 0 Å². The molecule has 0 saturated carbocycles. The minimum absolute atomic E-state index is 0.753. The molecule has 0 fully saturated rings. The minimum atomic E-state index is 0.753. The summed E-state index contributed by atoms with van der Waals surface area (Å²) in [6.07, 6.45) is 1.83. The Morgan fingerprint density at radius 3 is 2.53 bits per heavy atom. The smallest absolute Gasteiger partial charge is 0.00108 e. The van der Waals surface area contributed by atoms with Gasteiger partial charge in [0.15, 0.2) is 0 Å². The predicted octanol–water partition coefficient (Wildman–Crippen LogP) is 3.24. The second-order valence-corrected chi connectivity index (χ2v) is 3.84. The normalized spacial score (nSPS) is 10.4. The lowest BCUT2D eigenvalue weighted by atomic mass is 10.0. The van der Waals surface area contributed by atoms with E-state index < -0.39 is 0 Å². The van der Waals surface area contributed by atoms with E-state index in [1.807, 2.05) is 0 Å². The van der Waals surface area contributed by atoms with Gasteiger partial charge in [-0.15, -0.1) is 0 Å². The van der Waals surface area contributed by atoms with Gasteiger partial charge in [-0.25, -0.2) is 0 Å². The molecule has 0 atom stereocenters. The van der Waals surface area contributed by atoms with Gasteiger partial charge in [-0.05, 0) is 29.2 Å². The molecule has 2 rings (SSSR count). The standard InChI is InChI=1S/C14H15N/c1-11(15)6-7-12-8-9-13-4-2-3-5-14(13)10-12/h2-5,8-10H,1,6-7,15H2. The van der Waals surface area contributed by atoms with E-state index in [0.717, 1.165) is 18.5 Å². The van der Waals surface area contributed by atoms with Crippen LogP contribution in [0.2, 0.25) is 0 Å². The highest BCUT2D eigenvalue weighted by Crippen LogP contribution is 2.16. The van der Waals surface area contributed by atoms with Crippen molar-refractivity contribution in [2.75, 3.05) is 0 Å². The highest BCUT2D eigenvalue weighted by atomic mass is 14.5.